The van der Waals surface area contributed by atoms with E-state index in [-0.39, 0.29) is 5.91 Å². The number of nitrogens with one attached hydrogen (secondary N) is 1. The van der Waals surface area contributed by atoms with Crippen molar-refractivity contribution in [2.75, 3.05) is 5.75 Å². The summed E-state index contributed by atoms with van der Waals surface area (Å²) in [7, 11) is 0. The summed E-state index contributed by atoms with van der Waals surface area (Å²) in [6, 6.07) is 10.2. The van der Waals surface area contributed by atoms with Crippen LogP contribution in [0.15, 0.2) is 47.9 Å². The molecule has 1 fully saturated rings. The molecule has 0 saturated heterocycles. The molecule has 1 N–H and O–H groups in total. The Balaban J connectivity index is 1.47. The topological polar surface area (TPSA) is 72.7 Å². The van der Waals surface area contributed by atoms with Crippen LogP contribution in [0.25, 0.3) is 16.7 Å². The van der Waals surface area contributed by atoms with E-state index >= 15 is 0 Å². The highest BCUT2D eigenvalue weighted by molar-refractivity contribution is 8.00. The van der Waals surface area contributed by atoms with Crippen LogP contribution in [0.4, 0.5) is 0 Å². The second-order valence-corrected chi connectivity index (χ2v) is 7.46. The van der Waals surface area contributed by atoms with Crippen molar-refractivity contribution in [1.29, 1.82) is 0 Å². The molecule has 2 heterocycles. The van der Waals surface area contributed by atoms with Crippen LogP contribution in [0, 0.1) is 0 Å². The molecule has 1 saturated carbocycles. The molecule has 134 valence electrons. The minimum atomic E-state index is 0.0733. The monoisotopic (exact) mass is 367 g/mol. The van der Waals surface area contributed by atoms with Crippen LogP contribution in [0.1, 0.15) is 32.1 Å². The van der Waals surface area contributed by atoms with Gasteiger partial charge in [-0.2, -0.15) is 5.10 Å². The SMILES string of the molecule is O=C(CSc1ncnc2c1cnn2-c1ccccc1)NC1CCCCC1. The summed E-state index contributed by atoms with van der Waals surface area (Å²) < 4.78 is 1.79. The fraction of sp³-hybridized carbons (Fsp3) is 0.368. The molecule has 7 heteroatoms. The lowest BCUT2D eigenvalue weighted by Gasteiger charge is -2.22. The molecule has 1 aliphatic carbocycles. The minimum Gasteiger partial charge on any atom is -0.353 e. The van der Waals surface area contributed by atoms with Crippen LogP contribution in [0.5, 0.6) is 0 Å². The number of benzene rings is 1. The second-order valence-electron chi connectivity index (χ2n) is 6.50. The first kappa shape index (κ1) is 17.0. The van der Waals surface area contributed by atoms with Crippen molar-refractivity contribution in [3.8, 4) is 5.69 Å². The third-order valence-electron chi connectivity index (χ3n) is 4.64. The normalized spacial score (nSPS) is 15.2. The quantitative estimate of drug-likeness (QED) is 0.553. The van der Waals surface area contributed by atoms with Crippen molar-refractivity contribution in [1.82, 2.24) is 25.1 Å². The number of carbonyl (C=O) groups is 1. The molecule has 3 aromatic rings. The Kier molecular flexibility index (Phi) is 5.15. The molecule has 0 radical (unpaired) electrons. The molecule has 0 unspecified atom stereocenters. The molecule has 1 aliphatic rings. The van der Waals surface area contributed by atoms with Crippen LogP contribution in [-0.2, 0) is 4.79 Å². The molecule has 0 aliphatic heterocycles. The Morgan fingerprint density at radius 1 is 1.15 bits per heavy atom. The molecule has 0 atom stereocenters. The van der Waals surface area contributed by atoms with E-state index in [1.807, 2.05) is 30.3 Å². The summed E-state index contributed by atoms with van der Waals surface area (Å²) in [5, 5.41) is 9.25. The van der Waals surface area contributed by atoms with Gasteiger partial charge in [-0.1, -0.05) is 49.2 Å². The van der Waals surface area contributed by atoms with Crippen molar-refractivity contribution in [2.45, 2.75) is 43.2 Å². The summed E-state index contributed by atoms with van der Waals surface area (Å²) in [6.45, 7) is 0. The molecule has 0 spiro atoms. The fourth-order valence-corrected chi connectivity index (χ4v) is 4.12. The van der Waals surface area contributed by atoms with Gasteiger partial charge in [-0.3, -0.25) is 4.79 Å². The summed E-state index contributed by atoms with van der Waals surface area (Å²) in [6.07, 6.45) is 9.20. The zero-order valence-corrected chi connectivity index (χ0v) is 15.3. The number of carbonyl (C=O) groups excluding carboxylic acids is 1. The first-order valence-corrected chi connectivity index (χ1v) is 9.96. The number of hydrogen-bond donors (Lipinski definition) is 1. The highest BCUT2D eigenvalue weighted by Crippen LogP contribution is 2.26. The van der Waals surface area contributed by atoms with E-state index < -0.39 is 0 Å². The number of amides is 1. The lowest BCUT2D eigenvalue weighted by atomic mass is 9.95. The Labute approximate surface area is 156 Å². The predicted octanol–water partition coefficient (Wildman–Crippen LogP) is 3.36. The van der Waals surface area contributed by atoms with Crippen LogP contribution in [-0.4, -0.2) is 37.5 Å². The van der Waals surface area contributed by atoms with Gasteiger partial charge >= 0.3 is 0 Å². The van der Waals surface area contributed by atoms with E-state index in [9.17, 15) is 4.79 Å². The smallest absolute Gasteiger partial charge is 0.230 e. The number of rotatable bonds is 5. The van der Waals surface area contributed by atoms with E-state index in [4.69, 9.17) is 0 Å². The van der Waals surface area contributed by atoms with Gasteiger partial charge < -0.3 is 5.32 Å². The maximum absolute atomic E-state index is 12.3. The number of nitrogens with zero attached hydrogens (tertiary/aromatic N) is 4. The van der Waals surface area contributed by atoms with Gasteiger partial charge in [0, 0.05) is 6.04 Å². The highest BCUT2D eigenvalue weighted by atomic mass is 32.2. The zero-order chi connectivity index (χ0) is 17.8. The van der Waals surface area contributed by atoms with Gasteiger partial charge in [-0.15, -0.1) is 0 Å². The number of fused-ring (bicyclic) bond motifs is 1. The summed E-state index contributed by atoms with van der Waals surface area (Å²) in [5.41, 5.74) is 1.70. The number of para-hydroxylation sites is 1. The van der Waals surface area contributed by atoms with E-state index in [2.05, 4.69) is 20.4 Å². The maximum atomic E-state index is 12.3. The first-order valence-electron chi connectivity index (χ1n) is 8.97. The summed E-state index contributed by atoms with van der Waals surface area (Å²) in [5.74, 6) is 0.434. The van der Waals surface area contributed by atoms with Gasteiger partial charge in [0.15, 0.2) is 5.65 Å². The molecular weight excluding hydrogens is 346 g/mol. The average Bonchev–Trinajstić information content (AvgIpc) is 3.12. The third kappa shape index (κ3) is 3.72. The predicted molar refractivity (Wildman–Crippen MR) is 102 cm³/mol. The second kappa shape index (κ2) is 7.86. The average molecular weight is 367 g/mol. The van der Waals surface area contributed by atoms with Crippen molar-refractivity contribution < 1.29 is 4.79 Å². The molecule has 2 aromatic heterocycles. The Hall–Kier alpha value is -2.41. The van der Waals surface area contributed by atoms with Gasteiger partial charge in [0.1, 0.15) is 11.4 Å². The molecule has 1 aromatic carbocycles. The van der Waals surface area contributed by atoms with Crippen molar-refractivity contribution in [3.63, 3.8) is 0 Å². The summed E-state index contributed by atoms with van der Waals surface area (Å²) in [4.78, 5) is 21.0. The van der Waals surface area contributed by atoms with Gasteiger partial charge in [0.05, 0.1) is 23.0 Å². The largest absolute Gasteiger partial charge is 0.353 e. The van der Waals surface area contributed by atoms with Crippen molar-refractivity contribution in [2.24, 2.45) is 0 Å². The molecule has 26 heavy (non-hydrogen) atoms. The molecule has 0 bridgehead atoms. The van der Waals surface area contributed by atoms with Crippen LogP contribution >= 0.6 is 11.8 Å². The van der Waals surface area contributed by atoms with Gasteiger partial charge in [0.25, 0.3) is 0 Å². The highest BCUT2D eigenvalue weighted by Gasteiger charge is 2.17. The van der Waals surface area contributed by atoms with Crippen molar-refractivity contribution in [3.05, 3.63) is 42.9 Å². The van der Waals surface area contributed by atoms with Gasteiger partial charge in [-0.25, -0.2) is 14.6 Å². The van der Waals surface area contributed by atoms with Crippen LogP contribution in [0.3, 0.4) is 0 Å². The molecule has 6 nitrogen and oxygen atoms in total. The Bertz CT molecular complexity index is 889. The first-order chi connectivity index (χ1) is 12.8. The molecular formula is C19H21N5OS. The van der Waals surface area contributed by atoms with Crippen molar-refractivity contribution >= 4 is 28.7 Å². The molecule has 1 amide bonds. The minimum absolute atomic E-state index is 0.0733. The van der Waals surface area contributed by atoms with Crippen LogP contribution in [0.2, 0.25) is 0 Å². The lowest BCUT2D eigenvalue weighted by Crippen LogP contribution is -2.37. The van der Waals surface area contributed by atoms with E-state index in [1.165, 1.54) is 37.4 Å². The lowest BCUT2D eigenvalue weighted by molar-refractivity contribution is -0.119. The van der Waals surface area contributed by atoms with Crippen LogP contribution < -0.4 is 5.32 Å². The summed E-state index contributed by atoms with van der Waals surface area (Å²) >= 11 is 1.44. The Morgan fingerprint density at radius 3 is 2.77 bits per heavy atom. The van der Waals surface area contributed by atoms with E-state index in [0.29, 0.717) is 11.8 Å². The van der Waals surface area contributed by atoms with E-state index in [0.717, 1.165) is 34.6 Å². The van der Waals surface area contributed by atoms with E-state index in [1.54, 1.807) is 10.9 Å². The number of hydrogen-bond acceptors (Lipinski definition) is 5. The standard InChI is InChI=1S/C19H21N5OS/c25-17(23-14-7-3-1-4-8-14)12-26-19-16-11-22-24(18(16)20-13-21-19)15-9-5-2-6-10-15/h2,5-6,9-11,13-14H,1,3-4,7-8,12H2,(H,23,25). The zero-order valence-electron chi connectivity index (χ0n) is 14.5. The molecule has 4 rings (SSSR count). The van der Waals surface area contributed by atoms with Gasteiger partial charge in [-0.05, 0) is 25.0 Å². The third-order valence-corrected chi connectivity index (χ3v) is 5.65. The number of aromatic nitrogens is 4. The van der Waals surface area contributed by atoms with Gasteiger partial charge in [0.2, 0.25) is 5.91 Å². The number of thioether (sulfide) groups is 1. The maximum Gasteiger partial charge on any atom is 0.230 e. The Morgan fingerprint density at radius 2 is 1.96 bits per heavy atom. The fourth-order valence-electron chi connectivity index (χ4n) is 3.35.